The van der Waals surface area contributed by atoms with E-state index in [1.165, 1.54) is 0 Å². The fourth-order valence-corrected chi connectivity index (χ4v) is 4.13. The second-order valence-corrected chi connectivity index (χ2v) is 8.89. The summed E-state index contributed by atoms with van der Waals surface area (Å²) < 4.78 is 5.11. The highest BCUT2D eigenvalue weighted by atomic mass is 16.5. The molecule has 0 amide bonds. The number of carbonyl (C=O) groups is 3. The number of hydrogen-bond donors (Lipinski definition) is 1. The quantitative estimate of drug-likeness (QED) is 0.182. The number of ketones is 2. The molecule has 0 saturated heterocycles. The molecular weight excluding hydrogens is 392 g/mol. The van der Waals surface area contributed by atoms with Gasteiger partial charge in [-0.05, 0) is 58.3 Å². The van der Waals surface area contributed by atoms with Gasteiger partial charge in [0, 0.05) is 31.6 Å². The van der Waals surface area contributed by atoms with Crippen LogP contribution in [0.1, 0.15) is 112 Å². The lowest BCUT2D eigenvalue weighted by Crippen LogP contribution is -2.21. The van der Waals surface area contributed by atoms with Crippen molar-refractivity contribution < 1.29 is 24.2 Å². The van der Waals surface area contributed by atoms with Gasteiger partial charge in [0.25, 0.3) is 0 Å². The van der Waals surface area contributed by atoms with Crippen LogP contribution in [-0.2, 0) is 19.1 Å². The van der Waals surface area contributed by atoms with Gasteiger partial charge in [-0.1, -0.05) is 45.8 Å². The Morgan fingerprint density at radius 1 is 1.06 bits per heavy atom. The molecule has 0 aromatic heterocycles. The van der Waals surface area contributed by atoms with Gasteiger partial charge in [0.2, 0.25) is 0 Å². The zero-order chi connectivity index (χ0) is 22.4. The predicted molar refractivity (Wildman–Crippen MR) is 126 cm³/mol. The van der Waals surface area contributed by atoms with Crippen LogP contribution in [-0.4, -0.2) is 34.9 Å². The Balaban J connectivity index is 0.00000900. The second-order valence-electron chi connectivity index (χ2n) is 8.89. The third kappa shape index (κ3) is 12.8. The van der Waals surface area contributed by atoms with Crippen LogP contribution >= 0.6 is 0 Å². The number of ether oxygens (including phenoxy) is 1. The van der Waals surface area contributed by atoms with Crippen molar-refractivity contribution in [2.24, 2.45) is 11.8 Å². The molecule has 31 heavy (non-hydrogen) atoms. The van der Waals surface area contributed by atoms with Crippen LogP contribution in [0, 0.1) is 11.8 Å². The molecule has 0 spiro atoms. The average Bonchev–Trinajstić information content (AvgIpc) is 2.94. The standard InChI is InChI=1S/C25H42O5.CH4/c1-4-5-10-13-20(26)16-17-22-21(23(27)18-24(22)28)14-11-8-6-7-9-12-15-25(29)30-19(2)3;/h8,11,19,21-22,24,28H,4-7,9-10,12-18H2,1-3H3;1H4/b11-8-;/t21-,22-,24-;/m1./s1. The van der Waals surface area contributed by atoms with Gasteiger partial charge in [-0.2, -0.15) is 0 Å². The van der Waals surface area contributed by atoms with E-state index in [1.54, 1.807) is 0 Å². The molecular formula is C26H46O5. The van der Waals surface area contributed by atoms with Gasteiger partial charge in [-0.3, -0.25) is 14.4 Å². The molecule has 0 aliphatic heterocycles. The molecule has 1 fully saturated rings. The minimum Gasteiger partial charge on any atom is -0.463 e. The van der Waals surface area contributed by atoms with E-state index in [1.807, 2.05) is 19.9 Å². The van der Waals surface area contributed by atoms with Crippen molar-refractivity contribution in [2.75, 3.05) is 0 Å². The van der Waals surface area contributed by atoms with E-state index in [9.17, 15) is 19.5 Å². The van der Waals surface area contributed by atoms with Crippen molar-refractivity contribution in [1.82, 2.24) is 0 Å². The van der Waals surface area contributed by atoms with E-state index in [0.717, 1.165) is 44.9 Å². The third-order valence-electron chi connectivity index (χ3n) is 5.83. The fourth-order valence-electron chi connectivity index (χ4n) is 4.13. The SMILES string of the molecule is C.CCCCCC(=O)CC[C@H]1[C@H](O)CC(=O)[C@@H]1C/C=C\CCCCCC(=O)OC(C)C. The summed E-state index contributed by atoms with van der Waals surface area (Å²) in [5.74, 6) is -0.00992. The summed E-state index contributed by atoms with van der Waals surface area (Å²) >= 11 is 0. The van der Waals surface area contributed by atoms with Gasteiger partial charge in [0.05, 0.1) is 12.2 Å². The Labute approximate surface area is 190 Å². The number of Topliss-reactive ketones (excluding diaryl/α,β-unsaturated/α-hetero) is 2. The largest absolute Gasteiger partial charge is 0.463 e. The van der Waals surface area contributed by atoms with E-state index < -0.39 is 6.10 Å². The minimum absolute atomic E-state index is 0. The zero-order valence-corrected chi connectivity index (χ0v) is 19.2. The number of carbonyl (C=O) groups excluding carboxylic acids is 3. The highest BCUT2D eigenvalue weighted by molar-refractivity contribution is 5.84. The summed E-state index contributed by atoms with van der Waals surface area (Å²) in [6, 6.07) is 0. The van der Waals surface area contributed by atoms with Gasteiger partial charge in [0.1, 0.15) is 11.6 Å². The van der Waals surface area contributed by atoms with Gasteiger partial charge in [0.15, 0.2) is 0 Å². The van der Waals surface area contributed by atoms with E-state index >= 15 is 0 Å². The third-order valence-corrected chi connectivity index (χ3v) is 5.83. The summed E-state index contributed by atoms with van der Waals surface area (Å²) in [4.78, 5) is 35.8. The number of allylic oxidation sites excluding steroid dienone is 2. The normalized spacial score (nSPS) is 20.9. The van der Waals surface area contributed by atoms with Gasteiger partial charge in [-0.25, -0.2) is 0 Å². The molecule has 0 bridgehead atoms. The molecule has 0 radical (unpaired) electrons. The number of aliphatic hydroxyl groups is 1. The second kappa shape index (κ2) is 17.1. The predicted octanol–water partition coefficient (Wildman–Crippen LogP) is 5.97. The summed E-state index contributed by atoms with van der Waals surface area (Å²) in [5, 5.41) is 10.3. The Morgan fingerprint density at radius 2 is 1.77 bits per heavy atom. The molecule has 1 aliphatic rings. The smallest absolute Gasteiger partial charge is 0.306 e. The number of unbranched alkanes of at least 4 members (excludes halogenated alkanes) is 5. The number of rotatable bonds is 16. The van der Waals surface area contributed by atoms with E-state index in [-0.39, 0.29) is 49.3 Å². The molecule has 1 rings (SSSR count). The first kappa shape index (κ1) is 29.5. The van der Waals surface area contributed by atoms with Crippen LogP contribution in [0.15, 0.2) is 12.2 Å². The molecule has 0 unspecified atom stereocenters. The van der Waals surface area contributed by atoms with Crippen molar-refractivity contribution in [3.63, 3.8) is 0 Å². The molecule has 1 aliphatic carbocycles. The monoisotopic (exact) mass is 438 g/mol. The fraction of sp³-hybridized carbons (Fsp3) is 0.808. The molecule has 0 aromatic rings. The topological polar surface area (TPSA) is 80.7 Å². The van der Waals surface area contributed by atoms with Crippen molar-refractivity contribution in [3.05, 3.63) is 12.2 Å². The number of aliphatic hydroxyl groups excluding tert-OH is 1. The van der Waals surface area contributed by atoms with Crippen LogP contribution < -0.4 is 0 Å². The lowest BCUT2D eigenvalue weighted by molar-refractivity contribution is -0.147. The van der Waals surface area contributed by atoms with Gasteiger partial charge < -0.3 is 9.84 Å². The van der Waals surface area contributed by atoms with Crippen molar-refractivity contribution in [2.45, 2.75) is 124 Å². The Bertz CT molecular complexity index is 552. The summed E-state index contributed by atoms with van der Waals surface area (Å²) in [5.41, 5.74) is 0. The Morgan fingerprint density at radius 3 is 2.45 bits per heavy atom. The number of hydrogen-bond acceptors (Lipinski definition) is 5. The first-order valence-corrected chi connectivity index (χ1v) is 11.9. The van der Waals surface area contributed by atoms with Crippen molar-refractivity contribution in [1.29, 1.82) is 0 Å². The summed E-state index contributed by atoms with van der Waals surface area (Å²) in [6.07, 6.45) is 13.4. The Hall–Kier alpha value is -1.49. The van der Waals surface area contributed by atoms with Crippen LogP contribution in [0.2, 0.25) is 0 Å². The molecule has 1 saturated carbocycles. The van der Waals surface area contributed by atoms with Crippen LogP contribution in [0.25, 0.3) is 0 Å². The van der Waals surface area contributed by atoms with Crippen LogP contribution in [0.5, 0.6) is 0 Å². The molecule has 0 heterocycles. The maximum atomic E-state index is 12.3. The molecule has 3 atom stereocenters. The van der Waals surface area contributed by atoms with Crippen molar-refractivity contribution >= 4 is 17.5 Å². The molecule has 5 nitrogen and oxygen atoms in total. The lowest BCUT2D eigenvalue weighted by Gasteiger charge is -2.19. The van der Waals surface area contributed by atoms with Crippen molar-refractivity contribution in [3.8, 4) is 0 Å². The van der Waals surface area contributed by atoms with Gasteiger partial charge in [-0.15, -0.1) is 0 Å². The summed E-state index contributed by atoms with van der Waals surface area (Å²) in [7, 11) is 0. The molecule has 0 aromatic carbocycles. The minimum atomic E-state index is -0.607. The maximum Gasteiger partial charge on any atom is 0.306 e. The highest BCUT2D eigenvalue weighted by Gasteiger charge is 2.40. The zero-order valence-electron chi connectivity index (χ0n) is 19.2. The highest BCUT2D eigenvalue weighted by Crippen LogP contribution is 2.35. The number of esters is 1. The average molecular weight is 439 g/mol. The molecule has 180 valence electrons. The lowest BCUT2D eigenvalue weighted by atomic mass is 9.86. The van der Waals surface area contributed by atoms with Crippen LogP contribution in [0.4, 0.5) is 0 Å². The van der Waals surface area contributed by atoms with Crippen LogP contribution in [0.3, 0.4) is 0 Å². The van der Waals surface area contributed by atoms with E-state index in [2.05, 4.69) is 13.0 Å². The molecule has 5 heteroatoms. The maximum absolute atomic E-state index is 12.3. The first-order valence-electron chi connectivity index (χ1n) is 11.9. The van der Waals surface area contributed by atoms with E-state index in [4.69, 9.17) is 4.74 Å². The summed E-state index contributed by atoms with van der Waals surface area (Å²) in [6.45, 7) is 5.83. The molecule has 1 N–H and O–H groups in total. The van der Waals surface area contributed by atoms with Gasteiger partial charge >= 0.3 is 5.97 Å². The Kier molecular flexibility index (Phi) is 16.3. The first-order chi connectivity index (χ1) is 14.3. The van der Waals surface area contributed by atoms with E-state index in [0.29, 0.717) is 32.1 Å².